The summed E-state index contributed by atoms with van der Waals surface area (Å²) in [6.07, 6.45) is 3.30. The smallest absolute Gasteiger partial charge is 0.238 e. The summed E-state index contributed by atoms with van der Waals surface area (Å²) < 4.78 is 0. The van der Waals surface area contributed by atoms with Crippen LogP contribution in [0.2, 0.25) is 0 Å². The summed E-state index contributed by atoms with van der Waals surface area (Å²) in [7, 11) is 0. The van der Waals surface area contributed by atoms with Crippen LogP contribution in [0, 0.1) is 5.92 Å². The topological polar surface area (TPSA) is 32.3 Å². The normalized spacial score (nSPS) is 18.3. The van der Waals surface area contributed by atoms with E-state index in [9.17, 15) is 4.79 Å². The van der Waals surface area contributed by atoms with Crippen LogP contribution < -0.4 is 5.32 Å². The monoisotopic (exact) mass is 322 g/mol. The van der Waals surface area contributed by atoms with Gasteiger partial charge in [0.25, 0.3) is 0 Å². The molecule has 1 aliphatic heterocycles. The van der Waals surface area contributed by atoms with Crippen molar-refractivity contribution in [2.75, 3.05) is 25.0 Å². The average molecular weight is 322 g/mol. The number of hydrogen-bond donors (Lipinski definition) is 1. The molecule has 2 aromatic rings. The predicted molar refractivity (Wildman–Crippen MR) is 99.2 cm³/mol. The largest absolute Gasteiger partial charge is 0.325 e. The number of likely N-dealkylation sites (tertiary alicyclic amines) is 1. The summed E-state index contributed by atoms with van der Waals surface area (Å²) in [5.74, 6) is 0.779. The molecule has 0 unspecified atom stereocenters. The van der Waals surface area contributed by atoms with E-state index in [2.05, 4.69) is 35.3 Å². The van der Waals surface area contributed by atoms with Crippen molar-refractivity contribution in [1.29, 1.82) is 0 Å². The number of nitrogens with zero attached hydrogens (tertiary/aromatic N) is 1. The zero-order valence-electron chi connectivity index (χ0n) is 14.4. The summed E-state index contributed by atoms with van der Waals surface area (Å²) >= 11 is 0. The minimum atomic E-state index is 0.0876. The molecule has 3 rings (SSSR count). The Balaban J connectivity index is 1.63. The maximum absolute atomic E-state index is 12.4. The van der Waals surface area contributed by atoms with Crippen molar-refractivity contribution >= 4 is 11.6 Å². The lowest BCUT2D eigenvalue weighted by atomic mass is 10.0. The van der Waals surface area contributed by atoms with E-state index in [0.717, 1.165) is 30.8 Å². The Morgan fingerprint density at radius 2 is 1.88 bits per heavy atom. The van der Waals surface area contributed by atoms with Gasteiger partial charge in [-0.2, -0.15) is 0 Å². The second kappa shape index (κ2) is 8.11. The molecule has 24 heavy (non-hydrogen) atoms. The number of anilines is 1. The Kier molecular flexibility index (Phi) is 5.65. The first-order valence-corrected chi connectivity index (χ1v) is 8.85. The van der Waals surface area contributed by atoms with Crippen LogP contribution >= 0.6 is 0 Å². The molecule has 0 radical (unpaired) electrons. The first kappa shape index (κ1) is 16.7. The van der Waals surface area contributed by atoms with Gasteiger partial charge >= 0.3 is 0 Å². The number of carbonyl (C=O) groups is 1. The number of amides is 1. The van der Waals surface area contributed by atoms with Crippen molar-refractivity contribution in [3.63, 3.8) is 0 Å². The van der Waals surface area contributed by atoms with E-state index < -0.39 is 0 Å². The van der Waals surface area contributed by atoms with E-state index in [0.29, 0.717) is 12.5 Å². The lowest BCUT2D eigenvalue weighted by Crippen LogP contribution is -2.39. The number of nitrogens with one attached hydrogen (secondary N) is 1. The highest BCUT2D eigenvalue weighted by atomic mass is 16.2. The highest BCUT2D eigenvalue weighted by molar-refractivity contribution is 5.93. The Labute approximate surface area is 144 Å². The summed E-state index contributed by atoms with van der Waals surface area (Å²) in [4.78, 5) is 14.7. The molecule has 1 saturated heterocycles. The predicted octanol–water partition coefficient (Wildman–Crippen LogP) is 3.95. The first-order valence-electron chi connectivity index (χ1n) is 8.85. The van der Waals surface area contributed by atoms with E-state index in [-0.39, 0.29) is 5.91 Å². The third-order valence-corrected chi connectivity index (χ3v) is 4.64. The van der Waals surface area contributed by atoms with Gasteiger partial charge in [0.05, 0.1) is 6.54 Å². The third kappa shape index (κ3) is 4.68. The van der Waals surface area contributed by atoms with Crippen molar-refractivity contribution in [1.82, 2.24) is 4.90 Å². The van der Waals surface area contributed by atoms with Gasteiger partial charge in [0, 0.05) is 12.2 Å². The van der Waals surface area contributed by atoms with Gasteiger partial charge in [-0.15, -0.1) is 0 Å². The minimum absolute atomic E-state index is 0.0876. The van der Waals surface area contributed by atoms with E-state index in [4.69, 9.17) is 0 Å². The molecule has 0 bridgehead atoms. The highest BCUT2D eigenvalue weighted by Crippen LogP contribution is 2.20. The van der Waals surface area contributed by atoms with Crippen molar-refractivity contribution < 1.29 is 4.79 Å². The fourth-order valence-electron chi connectivity index (χ4n) is 3.44. The Morgan fingerprint density at radius 3 is 2.67 bits per heavy atom. The molecule has 1 heterocycles. The van der Waals surface area contributed by atoms with Gasteiger partial charge in [0.1, 0.15) is 0 Å². The van der Waals surface area contributed by atoms with Crippen LogP contribution in [0.25, 0.3) is 0 Å². The zero-order chi connectivity index (χ0) is 16.8. The summed E-state index contributed by atoms with van der Waals surface area (Å²) in [6.45, 7) is 4.81. The molecule has 3 heteroatoms. The van der Waals surface area contributed by atoms with Crippen LogP contribution in [-0.2, 0) is 11.2 Å². The summed E-state index contributed by atoms with van der Waals surface area (Å²) in [5.41, 5.74) is 3.34. The molecule has 1 amide bonds. The van der Waals surface area contributed by atoms with Crippen molar-refractivity contribution in [2.24, 2.45) is 5.92 Å². The van der Waals surface area contributed by atoms with Gasteiger partial charge in [-0.3, -0.25) is 9.69 Å². The molecule has 0 aromatic heterocycles. The fourth-order valence-corrected chi connectivity index (χ4v) is 3.44. The van der Waals surface area contributed by atoms with E-state index in [1.807, 2.05) is 36.4 Å². The van der Waals surface area contributed by atoms with Crippen molar-refractivity contribution in [3.05, 3.63) is 65.7 Å². The maximum Gasteiger partial charge on any atom is 0.238 e. The van der Waals surface area contributed by atoms with Crippen LogP contribution in [0.4, 0.5) is 5.69 Å². The number of piperidine rings is 1. The molecule has 0 spiro atoms. The molecule has 1 N–H and O–H groups in total. The second-order valence-electron chi connectivity index (χ2n) is 6.85. The number of benzene rings is 2. The lowest BCUT2D eigenvalue weighted by Gasteiger charge is -2.30. The molecule has 3 nitrogen and oxygen atoms in total. The van der Waals surface area contributed by atoms with Crippen LogP contribution in [0.5, 0.6) is 0 Å². The molecular weight excluding hydrogens is 296 g/mol. The zero-order valence-corrected chi connectivity index (χ0v) is 14.4. The molecule has 1 aliphatic rings. The van der Waals surface area contributed by atoms with Crippen molar-refractivity contribution in [3.8, 4) is 0 Å². The number of carbonyl (C=O) groups excluding carboxylic acids is 1. The number of hydrogen-bond acceptors (Lipinski definition) is 2. The quantitative estimate of drug-likeness (QED) is 0.904. The number of para-hydroxylation sites is 1. The summed E-state index contributed by atoms with van der Waals surface area (Å²) in [5, 5.41) is 3.11. The molecule has 2 aromatic carbocycles. The second-order valence-corrected chi connectivity index (χ2v) is 6.85. The molecule has 0 saturated carbocycles. The van der Waals surface area contributed by atoms with E-state index in [1.165, 1.54) is 18.4 Å². The standard InChI is InChI=1S/C21H26N2O/c1-17-8-7-13-23(15-17)16-21(24)22-20-12-6-5-11-19(20)14-18-9-3-2-4-10-18/h2-6,9-12,17H,7-8,13-16H2,1H3,(H,22,24)/t17-/m0/s1. The molecular formula is C21H26N2O. The molecule has 1 fully saturated rings. The Morgan fingerprint density at radius 1 is 1.12 bits per heavy atom. The molecule has 0 aliphatic carbocycles. The Hall–Kier alpha value is -2.13. The fraction of sp³-hybridized carbons (Fsp3) is 0.381. The third-order valence-electron chi connectivity index (χ3n) is 4.64. The lowest BCUT2D eigenvalue weighted by molar-refractivity contribution is -0.117. The van der Waals surface area contributed by atoms with Gasteiger partial charge in [0.15, 0.2) is 0 Å². The first-order chi connectivity index (χ1) is 11.7. The van der Waals surface area contributed by atoms with Crippen LogP contribution in [0.1, 0.15) is 30.9 Å². The van der Waals surface area contributed by atoms with Gasteiger partial charge in [-0.25, -0.2) is 0 Å². The highest BCUT2D eigenvalue weighted by Gasteiger charge is 2.18. The van der Waals surface area contributed by atoms with Crippen LogP contribution in [-0.4, -0.2) is 30.4 Å². The van der Waals surface area contributed by atoms with Gasteiger partial charge < -0.3 is 5.32 Å². The Bertz CT molecular complexity index is 669. The van der Waals surface area contributed by atoms with Gasteiger partial charge in [0.2, 0.25) is 5.91 Å². The number of rotatable bonds is 5. The van der Waals surface area contributed by atoms with Crippen LogP contribution in [0.3, 0.4) is 0 Å². The molecule has 126 valence electrons. The maximum atomic E-state index is 12.4. The minimum Gasteiger partial charge on any atom is -0.325 e. The van der Waals surface area contributed by atoms with Crippen LogP contribution in [0.15, 0.2) is 54.6 Å². The SMILES string of the molecule is C[C@H]1CCCN(CC(=O)Nc2ccccc2Cc2ccccc2)C1. The van der Waals surface area contributed by atoms with E-state index in [1.54, 1.807) is 0 Å². The average Bonchev–Trinajstić information content (AvgIpc) is 2.57. The van der Waals surface area contributed by atoms with E-state index >= 15 is 0 Å². The summed E-state index contributed by atoms with van der Waals surface area (Å²) in [6, 6.07) is 18.5. The van der Waals surface area contributed by atoms with Gasteiger partial charge in [-0.1, -0.05) is 55.5 Å². The van der Waals surface area contributed by atoms with Gasteiger partial charge in [-0.05, 0) is 48.9 Å². The molecule has 1 atom stereocenters. The van der Waals surface area contributed by atoms with Crippen molar-refractivity contribution in [2.45, 2.75) is 26.2 Å².